The van der Waals surface area contributed by atoms with Crippen LogP contribution in [0.5, 0.6) is 0 Å². The Bertz CT molecular complexity index is 683. The molecule has 26 heavy (non-hydrogen) atoms. The summed E-state index contributed by atoms with van der Waals surface area (Å²) in [6.07, 6.45) is 3.67. The van der Waals surface area contributed by atoms with Crippen LogP contribution in [0.25, 0.3) is 0 Å². The zero-order valence-corrected chi connectivity index (χ0v) is 19.9. The summed E-state index contributed by atoms with van der Waals surface area (Å²) in [4.78, 5) is 17.6. The van der Waals surface area contributed by atoms with Crippen molar-refractivity contribution in [3.05, 3.63) is 60.2 Å². The monoisotopic (exact) mass is 396 g/mol. The minimum atomic E-state index is -0.426. The van der Waals surface area contributed by atoms with E-state index in [1.54, 1.807) is 11.8 Å². The molecule has 1 aliphatic rings. The number of Topliss-reactive ketones (excluding diaryl/α,β-unsaturated/α-hetero) is 1. The van der Waals surface area contributed by atoms with E-state index in [9.17, 15) is 4.79 Å². The zero-order valence-electron chi connectivity index (χ0n) is 16.0. The molecular weight excluding hydrogens is 369 g/mol. The maximum Gasteiger partial charge on any atom is 1.00 e. The van der Waals surface area contributed by atoms with Gasteiger partial charge in [-0.15, -0.1) is 11.8 Å². The van der Waals surface area contributed by atoms with E-state index < -0.39 is 5.54 Å². The molecule has 1 aliphatic heterocycles. The molecule has 2 aromatic rings. The largest absolute Gasteiger partial charge is 1.00 e. The fraction of sp³-hybridized carbons (Fsp3) is 0.381. The van der Waals surface area contributed by atoms with Crippen molar-refractivity contribution in [1.29, 1.82) is 0 Å². The van der Waals surface area contributed by atoms with Crippen LogP contribution in [0.15, 0.2) is 58.3 Å². The second-order valence-corrected chi connectivity index (χ2v) is 7.94. The summed E-state index contributed by atoms with van der Waals surface area (Å²) >= 11 is 1.70. The first kappa shape index (κ1) is 24.1. The Balaban J connectivity index is 0.00000169. The molecule has 3 nitrogen and oxygen atoms in total. The fourth-order valence-electron chi connectivity index (χ4n) is 3.20. The zero-order chi connectivity index (χ0) is 17.0. The molecule has 0 spiro atoms. The molecule has 0 radical (unpaired) electrons. The number of rotatable bonds is 5. The molecule has 0 aromatic heterocycles. The molecule has 0 amide bonds. The number of hydrogen-bond donors (Lipinski definition) is 0. The first-order valence-corrected chi connectivity index (χ1v) is 9.43. The van der Waals surface area contributed by atoms with Crippen molar-refractivity contribution in [3.8, 4) is 0 Å². The summed E-state index contributed by atoms with van der Waals surface area (Å²) < 4.78 is 0. The molecule has 5 heteroatoms. The Hall–Kier alpha value is 0.0164. The molecule has 134 valence electrons. The maximum absolute atomic E-state index is 13.0. The van der Waals surface area contributed by atoms with E-state index in [-0.39, 0.29) is 62.6 Å². The van der Waals surface area contributed by atoms with Gasteiger partial charge < -0.3 is 5.48 Å². The number of ketones is 1. The Labute approximate surface area is 203 Å². The van der Waals surface area contributed by atoms with E-state index in [0.717, 1.165) is 23.5 Å². The molecule has 3 N–H and O–H groups in total. The molecule has 1 saturated heterocycles. The van der Waals surface area contributed by atoms with Gasteiger partial charge in [0.15, 0.2) is 5.78 Å². The third-order valence-corrected chi connectivity index (χ3v) is 5.76. The van der Waals surface area contributed by atoms with Gasteiger partial charge in [-0.05, 0) is 51.9 Å². The van der Waals surface area contributed by atoms with Gasteiger partial charge in [0.05, 0.1) is 5.54 Å². The van der Waals surface area contributed by atoms with Crippen LogP contribution in [-0.4, -0.2) is 29.3 Å². The molecule has 1 heterocycles. The minimum absolute atomic E-state index is 0. The quantitative estimate of drug-likeness (QED) is 0.330. The molecule has 0 aliphatic carbocycles. The molecule has 0 unspecified atom stereocenters. The summed E-state index contributed by atoms with van der Waals surface area (Å²) in [5.74, 6) is 0.218. The minimum Gasteiger partial charge on any atom is -0.457 e. The first-order valence-electron chi connectivity index (χ1n) is 8.61. The third-order valence-electron chi connectivity index (χ3n) is 4.74. The fourth-order valence-corrected chi connectivity index (χ4v) is 4.02. The molecule has 1 fully saturated rings. The smallest absolute Gasteiger partial charge is 0.457 e. The second kappa shape index (κ2) is 11.1. The summed E-state index contributed by atoms with van der Waals surface area (Å²) in [5, 5.41) is 0. The maximum atomic E-state index is 13.0. The van der Waals surface area contributed by atoms with Crippen molar-refractivity contribution >= 4 is 17.5 Å². The molecule has 2 aromatic carbocycles. The van der Waals surface area contributed by atoms with Gasteiger partial charge in [0.25, 0.3) is 0 Å². The van der Waals surface area contributed by atoms with Crippen LogP contribution >= 0.6 is 11.8 Å². The average Bonchev–Trinajstić information content (AvgIpc) is 2.63. The summed E-state index contributed by atoms with van der Waals surface area (Å²) in [6.45, 7) is 6.17. The van der Waals surface area contributed by atoms with E-state index in [1.807, 2.05) is 48.5 Å². The Kier molecular flexibility index (Phi) is 10.3. The number of likely N-dealkylation sites (tertiary alicyclic amines) is 1. The number of piperidine rings is 1. The van der Waals surface area contributed by atoms with Crippen molar-refractivity contribution in [1.82, 2.24) is 4.90 Å². The van der Waals surface area contributed by atoms with Crippen molar-refractivity contribution in [2.75, 3.05) is 13.1 Å². The van der Waals surface area contributed by atoms with Gasteiger partial charge in [-0.3, -0.25) is 9.69 Å². The van der Waals surface area contributed by atoms with Crippen LogP contribution in [-0.2, 0) is 5.48 Å². The Morgan fingerprint density at radius 3 is 2.08 bits per heavy atom. The summed E-state index contributed by atoms with van der Waals surface area (Å²) in [6, 6.07) is 19.0. The Morgan fingerprint density at radius 2 is 1.50 bits per heavy atom. The number of carbonyl (C=O) groups is 1. The van der Waals surface area contributed by atoms with E-state index in [1.165, 1.54) is 24.2 Å². The van der Waals surface area contributed by atoms with Crippen LogP contribution in [0.1, 0.15) is 43.5 Å². The standard InChI is InChI=1S/C21H24NOS.K.H2O/c1-21(2,22-15-7-4-8-16-22)20(23)17-11-13-19(14-12-17)24-18-9-5-3-6-10-18;;/h5-6,9-14H,4,7-8,15-16H2,1-2H3;;1H2/q-1;+1;/p+1. The Morgan fingerprint density at radius 1 is 0.962 bits per heavy atom. The summed E-state index contributed by atoms with van der Waals surface area (Å²) in [7, 11) is 0. The molecule has 0 bridgehead atoms. The topological polar surface area (TPSA) is 53.3 Å². The van der Waals surface area contributed by atoms with Crippen molar-refractivity contribution < 1.29 is 61.7 Å². The molecule has 0 atom stereocenters. The number of nitrogens with zero attached hydrogens (tertiary/aromatic N) is 1. The van der Waals surface area contributed by atoms with Crippen LogP contribution in [0.2, 0.25) is 0 Å². The molecule has 0 saturated carbocycles. The van der Waals surface area contributed by atoms with Crippen LogP contribution in [0.4, 0.5) is 0 Å². The van der Waals surface area contributed by atoms with Gasteiger partial charge in [-0.1, -0.05) is 23.4 Å². The van der Waals surface area contributed by atoms with Crippen LogP contribution in [0, 0.1) is 6.07 Å². The first-order chi connectivity index (χ1) is 11.6. The van der Waals surface area contributed by atoms with Crippen LogP contribution < -0.4 is 51.4 Å². The van der Waals surface area contributed by atoms with Gasteiger partial charge in [-0.25, -0.2) is 0 Å². The van der Waals surface area contributed by atoms with Crippen molar-refractivity contribution in [3.63, 3.8) is 0 Å². The molecule has 3 rings (SSSR count). The number of benzene rings is 2. The normalized spacial score (nSPS) is 14.8. The summed E-state index contributed by atoms with van der Waals surface area (Å²) in [5.41, 5.74) is 0.376. The van der Waals surface area contributed by atoms with Gasteiger partial charge in [-0.2, -0.15) is 30.3 Å². The molecular formula is C21H27KNO2S+. The van der Waals surface area contributed by atoms with Crippen LogP contribution in [0.3, 0.4) is 0 Å². The average molecular weight is 397 g/mol. The number of hydrogen-bond acceptors (Lipinski definition) is 3. The number of carbonyl (C=O) groups excluding carboxylic acids is 1. The van der Waals surface area contributed by atoms with E-state index in [2.05, 4.69) is 24.8 Å². The predicted molar refractivity (Wildman–Crippen MR) is 105 cm³/mol. The van der Waals surface area contributed by atoms with E-state index >= 15 is 0 Å². The van der Waals surface area contributed by atoms with E-state index in [4.69, 9.17) is 0 Å². The van der Waals surface area contributed by atoms with Crippen molar-refractivity contribution in [2.45, 2.75) is 48.4 Å². The third kappa shape index (κ3) is 6.01. The SMILES string of the molecule is CC(C)(C(=O)c1ccc(Sc2cc[c-]cc2)cc1)N1CCCCC1.[K+].[OH3+]. The second-order valence-electron chi connectivity index (χ2n) is 6.80. The van der Waals surface area contributed by atoms with E-state index in [0.29, 0.717) is 0 Å². The van der Waals surface area contributed by atoms with Gasteiger partial charge in [0.1, 0.15) is 0 Å². The van der Waals surface area contributed by atoms with Gasteiger partial charge >= 0.3 is 51.4 Å². The predicted octanol–water partition coefficient (Wildman–Crippen LogP) is 1.17. The van der Waals surface area contributed by atoms with Crippen molar-refractivity contribution in [2.24, 2.45) is 0 Å². The van der Waals surface area contributed by atoms with Gasteiger partial charge in [0.2, 0.25) is 0 Å². The van der Waals surface area contributed by atoms with Gasteiger partial charge in [0, 0.05) is 10.5 Å².